The van der Waals surface area contributed by atoms with Crippen molar-refractivity contribution in [3.05, 3.63) is 23.9 Å². The first-order valence-electron chi connectivity index (χ1n) is 10.7. The van der Waals surface area contributed by atoms with Crippen LogP contribution >= 0.6 is 24.0 Å². The molecule has 1 saturated heterocycles. The summed E-state index contributed by atoms with van der Waals surface area (Å²) < 4.78 is 10.9. The van der Waals surface area contributed by atoms with Crippen LogP contribution in [-0.4, -0.2) is 60.8 Å². The first-order chi connectivity index (χ1) is 14.2. The Balaban J connectivity index is 0.00000450. The zero-order valence-electron chi connectivity index (χ0n) is 18.4. The predicted molar refractivity (Wildman–Crippen MR) is 130 cm³/mol. The SMILES string of the molecule is CCCCOc1ncccc1CN=C(NCC)NC1CCN(C(=O)OCC)CC1.I. The molecule has 2 heterocycles. The number of aromatic nitrogens is 1. The number of hydrogen-bond acceptors (Lipinski definition) is 5. The Morgan fingerprint density at radius 3 is 2.73 bits per heavy atom. The van der Waals surface area contributed by atoms with Crippen LogP contribution in [0.3, 0.4) is 0 Å². The molecule has 0 unspecified atom stereocenters. The Bertz CT molecular complexity index is 651. The maximum atomic E-state index is 11.8. The van der Waals surface area contributed by atoms with E-state index in [0.717, 1.165) is 43.8 Å². The molecule has 1 aliphatic heterocycles. The summed E-state index contributed by atoms with van der Waals surface area (Å²) >= 11 is 0. The molecular formula is C21H36IN5O3. The number of halogens is 1. The molecule has 1 aromatic heterocycles. The summed E-state index contributed by atoms with van der Waals surface area (Å²) in [6.45, 7) is 9.74. The molecule has 0 atom stereocenters. The Morgan fingerprint density at radius 2 is 2.07 bits per heavy atom. The highest BCUT2D eigenvalue weighted by molar-refractivity contribution is 14.0. The minimum atomic E-state index is -0.223. The van der Waals surface area contributed by atoms with Crippen molar-refractivity contribution in [3.63, 3.8) is 0 Å². The molecule has 0 saturated carbocycles. The summed E-state index contributed by atoms with van der Waals surface area (Å²) in [6, 6.07) is 4.18. The molecule has 0 bridgehead atoms. The average Bonchev–Trinajstić information content (AvgIpc) is 2.74. The number of unbranched alkanes of at least 4 members (excludes halogenated alkanes) is 1. The van der Waals surface area contributed by atoms with Gasteiger partial charge in [0.15, 0.2) is 5.96 Å². The lowest BCUT2D eigenvalue weighted by Gasteiger charge is -2.32. The molecule has 2 rings (SSSR count). The Labute approximate surface area is 197 Å². The van der Waals surface area contributed by atoms with E-state index in [-0.39, 0.29) is 36.1 Å². The molecule has 170 valence electrons. The number of aliphatic imine (C=N–C) groups is 1. The molecule has 0 spiro atoms. The Kier molecular flexibility index (Phi) is 13.2. The van der Waals surface area contributed by atoms with Crippen molar-refractivity contribution in [2.75, 3.05) is 32.8 Å². The molecule has 1 aromatic rings. The summed E-state index contributed by atoms with van der Waals surface area (Å²) in [5.74, 6) is 1.42. The number of likely N-dealkylation sites (tertiary alicyclic amines) is 1. The van der Waals surface area contributed by atoms with E-state index in [9.17, 15) is 4.79 Å². The van der Waals surface area contributed by atoms with Crippen LogP contribution in [0.1, 0.15) is 52.0 Å². The van der Waals surface area contributed by atoms with Gasteiger partial charge in [0.25, 0.3) is 0 Å². The van der Waals surface area contributed by atoms with Crippen LogP contribution in [0.5, 0.6) is 5.88 Å². The number of carbonyl (C=O) groups is 1. The van der Waals surface area contributed by atoms with Crippen molar-refractivity contribution in [2.24, 2.45) is 4.99 Å². The second-order valence-corrected chi connectivity index (χ2v) is 6.97. The standard InChI is InChI=1S/C21H35N5O3.HI/c1-4-7-15-29-19-17(9-8-12-23-19)16-24-20(22-5-2)25-18-10-13-26(14-11-18)21(27)28-6-3;/h8-9,12,18H,4-7,10-11,13-16H2,1-3H3,(H2,22,24,25);1H. The molecule has 1 fully saturated rings. The maximum absolute atomic E-state index is 11.8. The lowest BCUT2D eigenvalue weighted by atomic mass is 10.1. The van der Waals surface area contributed by atoms with Crippen LogP contribution in [0.2, 0.25) is 0 Å². The largest absolute Gasteiger partial charge is 0.477 e. The second kappa shape index (κ2) is 15.1. The van der Waals surface area contributed by atoms with E-state index in [1.165, 1.54) is 0 Å². The third kappa shape index (κ3) is 8.93. The van der Waals surface area contributed by atoms with Gasteiger partial charge in [0.1, 0.15) is 0 Å². The molecule has 8 nitrogen and oxygen atoms in total. The van der Waals surface area contributed by atoms with Crippen LogP contribution in [-0.2, 0) is 11.3 Å². The smallest absolute Gasteiger partial charge is 0.409 e. The highest BCUT2D eigenvalue weighted by Gasteiger charge is 2.24. The molecule has 0 aromatic carbocycles. The van der Waals surface area contributed by atoms with Gasteiger partial charge in [-0.15, -0.1) is 24.0 Å². The van der Waals surface area contributed by atoms with E-state index in [0.29, 0.717) is 38.7 Å². The van der Waals surface area contributed by atoms with Crippen molar-refractivity contribution in [2.45, 2.75) is 59.0 Å². The van der Waals surface area contributed by atoms with Crippen LogP contribution in [0, 0.1) is 0 Å². The van der Waals surface area contributed by atoms with E-state index in [1.807, 2.05) is 26.0 Å². The van der Waals surface area contributed by atoms with E-state index in [2.05, 4.69) is 22.5 Å². The van der Waals surface area contributed by atoms with Crippen LogP contribution in [0.25, 0.3) is 0 Å². The number of hydrogen-bond donors (Lipinski definition) is 2. The number of pyridine rings is 1. The number of nitrogens with one attached hydrogen (secondary N) is 2. The first kappa shape index (κ1) is 26.3. The van der Waals surface area contributed by atoms with Crippen LogP contribution in [0.15, 0.2) is 23.3 Å². The van der Waals surface area contributed by atoms with E-state index < -0.39 is 0 Å². The van der Waals surface area contributed by atoms with Crippen molar-refractivity contribution in [1.29, 1.82) is 0 Å². The third-order valence-electron chi connectivity index (χ3n) is 4.70. The van der Waals surface area contributed by atoms with Gasteiger partial charge < -0.3 is 25.0 Å². The van der Waals surface area contributed by atoms with Gasteiger partial charge in [0.05, 0.1) is 19.8 Å². The fraction of sp³-hybridized carbons (Fsp3) is 0.667. The fourth-order valence-corrected chi connectivity index (χ4v) is 3.09. The summed E-state index contributed by atoms with van der Waals surface area (Å²) in [5.41, 5.74) is 0.970. The van der Waals surface area contributed by atoms with E-state index in [4.69, 9.17) is 14.5 Å². The molecular weight excluding hydrogens is 497 g/mol. The lowest BCUT2D eigenvalue weighted by Crippen LogP contribution is -2.49. The number of carbonyl (C=O) groups excluding carboxylic acids is 1. The van der Waals surface area contributed by atoms with Gasteiger partial charge in [-0.05, 0) is 39.2 Å². The average molecular weight is 533 g/mol. The topological polar surface area (TPSA) is 88.1 Å². The van der Waals surface area contributed by atoms with Gasteiger partial charge in [-0.25, -0.2) is 14.8 Å². The molecule has 30 heavy (non-hydrogen) atoms. The van der Waals surface area contributed by atoms with E-state index in [1.54, 1.807) is 11.1 Å². The highest BCUT2D eigenvalue weighted by Crippen LogP contribution is 2.16. The minimum absolute atomic E-state index is 0. The van der Waals surface area contributed by atoms with Gasteiger partial charge in [0.2, 0.25) is 5.88 Å². The predicted octanol–water partition coefficient (Wildman–Crippen LogP) is 3.55. The maximum Gasteiger partial charge on any atom is 0.409 e. The summed E-state index contributed by atoms with van der Waals surface area (Å²) in [7, 11) is 0. The normalized spacial score (nSPS) is 14.6. The third-order valence-corrected chi connectivity index (χ3v) is 4.70. The molecule has 0 aliphatic carbocycles. The number of piperidine rings is 1. The highest BCUT2D eigenvalue weighted by atomic mass is 127. The van der Waals surface area contributed by atoms with Crippen LogP contribution < -0.4 is 15.4 Å². The first-order valence-corrected chi connectivity index (χ1v) is 10.7. The monoisotopic (exact) mass is 533 g/mol. The zero-order chi connectivity index (χ0) is 20.9. The number of guanidine groups is 1. The quantitative estimate of drug-likeness (QED) is 0.219. The number of nitrogens with zero attached hydrogens (tertiary/aromatic N) is 3. The summed E-state index contributed by atoms with van der Waals surface area (Å²) in [5, 5.41) is 6.79. The van der Waals surface area contributed by atoms with Gasteiger partial charge >= 0.3 is 6.09 Å². The summed E-state index contributed by atoms with van der Waals surface area (Å²) in [4.78, 5) is 22.7. The molecule has 9 heteroatoms. The fourth-order valence-electron chi connectivity index (χ4n) is 3.09. The van der Waals surface area contributed by atoms with Crippen molar-refractivity contribution >= 4 is 36.0 Å². The Morgan fingerprint density at radius 1 is 1.30 bits per heavy atom. The molecule has 0 radical (unpaired) electrons. The minimum Gasteiger partial charge on any atom is -0.477 e. The van der Waals surface area contributed by atoms with E-state index >= 15 is 0 Å². The van der Waals surface area contributed by atoms with Gasteiger partial charge in [-0.2, -0.15) is 0 Å². The zero-order valence-corrected chi connectivity index (χ0v) is 20.7. The molecule has 1 aliphatic rings. The summed E-state index contributed by atoms with van der Waals surface area (Å²) in [6.07, 6.45) is 5.34. The van der Waals surface area contributed by atoms with Crippen molar-refractivity contribution in [1.82, 2.24) is 20.5 Å². The number of rotatable bonds is 9. The second-order valence-electron chi connectivity index (χ2n) is 6.97. The lowest BCUT2D eigenvalue weighted by molar-refractivity contribution is 0.0963. The van der Waals surface area contributed by atoms with Crippen molar-refractivity contribution < 1.29 is 14.3 Å². The van der Waals surface area contributed by atoms with Crippen LogP contribution in [0.4, 0.5) is 4.79 Å². The van der Waals surface area contributed by atoms with Gasteiger partial charge in [0, 0.05) is 37.4 Å². The van der Waals surface area contributed by atoms with Gasteiger partial charge in [-0.1, -0.05) is 19.4 Å². The number of ether oxygens (including phenoxy) is 2. The molecule has 2 N–H and O–H groups in total. The van der Waals surface area contributed by atoms with Gasteiger partial charge in [-0.3, -0.25) is 0 Å². The molecule has 1 amide bonds. The number of amides is 1. The Hall–Kier alpha value is -1.78. The van der Waals surface area contributed by atoms with Crippen molar-refractivity contribution in [3.8, 4) is 5.88 Å².